The lowest BCUT2D eigenvalue weighted by atomic mass is 10.1. The molecule has 0 atom stereocenters. The quantitative estimate of drug-likeness (QED) is 0.809. The zero-order chi connectivity index (χ0) is 15.3. The summed E-state index contributed by atoms with van der Waals surface area (Å²) < 4.78 is 16.9. The van der Waals surface area contributed by atoms with Gasteiger partial charge in [-0.25, -0.2) is 0 Å². The van der Waals surface area contributed by atoms with Gasteiger partial charge in [-0.3, -0.25) is 0 Å². The van der Waals surface area contributed by atoms with E-state index in [0.717, 1.165) is 11.3 Å². The molecule has 1 heterocycles. The van der Waals surface area contributed by atoms with Gasteiger partial charge in [-0.2, -0.15) is 0 Å². The van der Waals surface area contributed by atoms with Crippen molar-refractivity contribution in [2.45, 2.75) is 25.7 Å². The molecule has 0 unspecified atom stereocenters. The second-order valence-corrected chi connectivity index (χ2v) is 5.57. The Morgan fingerprint density at radius 1 is 1.29 bits per heavy atom. The van der Waals surface area contributed by atoms with E-state index in [4.69, 9.17) is 26.4 Å². The Balaban J connectivity index is 2.07. The zero-order valence-corrected chi connectivity index (χ0v) is 13.5. The van der Waals surface area contributed by atoms with Crippen LogP contribution in [0.3, 0.4) is 0 Å². The first-order valence-electron chi connectivity index (χ1n) is 7.02. The second kappa shape index (κ2) is 7.06. The minimum absolute atomic E-state index is 0.285. The number of benzene rings is 1. The van der Waals surface area contributed by atoms with Crippen molar-refractivity contribution in [3.05, 3.63) is 29.8 Å². The van der Waals surface area contributed by atoms with Crippen molar-refractivity contribution >= 4 is 17.3 Å². The van der Waals surface area contributed by atoms with Gasteiger partial charge in [-0.1, -0.05) is 0 Å². The van der Waals surface area contributed by atoms with Crippen LogP contribution in [0.15, 0.2) is 24.3 Å². The molecule has 21 heavy (non-hydrogen) atoms. The van der Waals surface area contributed by atoms with Crippen LogP contribution < -0.4 is 15.4 Å². The molecule has 1 aliphatic heterocycles. The highest BCUT2D eigenvalue weighted by molar-refractivity contribution is 7.80. The number of hydrogen-bond donors (Lipinski definition) is 2. The number of hydrogen-bond acceptors (Lipinski definition) is 4. The van der Waals surface area contributed by atoms with Gasteiger partial charge in [0.1, 0.15) is 5.75 Å². The molecule has 0 spiro atoms. The van der Waals surface area contributed by atoms with Crippen LogP contribution in [0.25, 0.3) is 0 Å². The van der Waals surface area contributed by atoms with Crippen LogP contribution in [-0.2, 0) is 15.3 Å². The molecule has 0 radical (unpaired) electrons. The minimum Gasteiger partial charge on any atom is -0.497 e. The van der Waals surface area contributed by atoms with Crippen LogP contribution >= 0.6 is 12.2 Å². The Bertz CT molecular complexity index is 470. The van der Waals surface area contributed by atoms with Gasteiger partial charge >= 0.3 is 0 Å². The third-order valence-electron chi connectivity index (χ3n) is 3.19. The van der Waals surface area contributed by atoms with E-state index in [2.05, 4.69) is 10.6 Å². The predicted octanol–water partition coefficient (Wildman–Crippen LogP) is 1.77. The van der Waals surface area contributed by atoms with Crippen molar-refractivity contribution in [2.75, 3.05) is 26.9 Å². The summed E-state index contributed by atoms with van der Waals surface area (Å²) >= 11 is 5.25. The van der Waals surface area contributed by atoms with Crippen molar-refractivity contribution < 1.29 is 14.2 Å². The molecule has 1 fully saturated rings. The third kappa shape index (κ3) is 4.06. The molecule has 6 heteroatoms. The van der Waals surface area contributed by atoms with E-state index in [-0.39, 0.29) is 6.04 Å². The highest BCUT2D eigenvalue weighted by Gasteiger charge is 2.38. The summed E-state index contributed by atoms with van der Waals surface area (Å²) in [4.78, 5) is 0. The SMILES string of the molecule is COc1ccc(C2(CNC(=S)NC(C)C)OCCO2)cc1. The van der Waals surface area contributed by atoms with Gasteiger partial charge in [0, 0.05) is 11.6 Å². The molecule has 116 valence electrons. The fourth-order valence-electron chi connectivity index (χ4n) is 2.18. The number of ether oxygens (including phenoxy) is 3. The number of nitrogens with one attached hydrogen (secondary N) is 2. The lowest BCUT2D eigenvalue weighted by Gasteiger charge is -2.29. The highest BCUT2D eigenvalue weighted by Crippen LogP contribution is 2.31. The van der Waals surface area contributed by atoms with E-state index in [1.54, 1.807) is 7.11 Å². The monoisotopic (exact) mass is 310 g/mol. The molecule has 0 bridgehead atoms. The van der Waals surface area contributed by atoms with Crippen LogP contribution in [-0.4, -0.2) is 38.0 Å². The Morgan fingerprint density at radius 3 is 2.43 bits per heavy atom. The second-order valence-electron chi connectivity index (χ2n) is 5.16. The average Bonchev–Trinajstić information content (AvgIpc) is 2.95. The molecule has 0 aromatic heterocycles. The maximum Gasteiger partial charge on any atom is 0.213 e. The van der Waals surface area contributed by atoms with Gasteiger partial charge in [0.15, 0.2) is 5.11 Å². The van der Waals surface area contributed by atoms with Crippen molar-refractivity contribution in [3.8, 4) is 5.75 Å². The molecule has 1 aromatic rings. The Morgan fingerprint density at radius 2 is 1.90 bits per heavy atom. The summed E-state index contributed by atoms with van der Waals surface area (Å²) in [5.74, 6) is 0.00600. The van der Waals surface area contributed by atoms with Gasteiger partial charge < -0.3 is 24.8 Å². The molecule has 1 saturated heterocycles. The van der Waals surface area contributed by atoms with E-state index in [1.165, 1.54) is 0 Å². The minimum atomic E-state index is -0.797. The van der Waals surface area contributed by atoms with Gasteiger partial charge in [0.2, 0.25) is 5.79 Å². The van der Waals surface area contributed by atoms with E-state index < -0.39 is 5.79 Å². The summed E-state index contributed by atoms with van der Waals surface area (Å²) in [7, 11) is 1.64. The van der Waals surface area contributed by atoms with E-state index in [9.17, 15) is 0 Å². The summed E-state index contributed by atoms with van der Waals surface area (Å²) in [6.07, 6.45) is 0. The maximum absolute atomic E-state index is 5.84. The zero-order valence-electron chi connectivity index (χ0n) is 12.6. The Labute approximate surface area is 131 Å². The van der Waals surface area contributed by atoms with Crippen molar-refractivity contribution in [3.63, 3.8) is 0 Å². The first-order valence-corrected chi connectivity index (χ1v) is 7.43. The first kappa shape index (κ1) is 16.0. The molecular formula is C15H22N2O3S. The molecule has 2 N–H and O–H groups in total. The van der Waals surface area contributed by atoms with Gasteiger partial charge in [0.25, 0.3) is 0 Å². The van der Waals surface area contributed by atoms with E-state index in [1.807, 2.05) is 38.1 Å². The standard InChI is InChI=1S/C15H22N2O3S/c1-11(2)17-14(21)16-10-15(19-8-9-20-15)12-4-6-13(18-3)7-5-12/h4-7,11H,8-10H2,1-3H3,(H2,16,17,21). The molecule has 2 rings (SSSR count). The summed E-state index contributed by atoms with van der Waals surface area (Å²) in [5.41, 5.74) is 0.945. The fourth-order valence-corrected chi connectivity index (χ4v) is 2.49. The largest absolute Gasteiger partial charge is 0.497 e. The van der Waals surface area contributed by atoms with Crippen LogP contribution in [0.5, 0.6) is 5.75 Å². The molecular weight excluding hydrogens is 288 g/mol. The third-order valence-corrected chi connectivity index (χ3v) is 3.45. The van der Waals surface area contributed by atoms with Crippen molar-refractivity contribution in [1.82, 2.24) is 10.6 Å². The molecule has 0 saturated carbocycles. The maximum atomic E-state index is 5.84. The van der Waals surface area contributed by atoms with Crippen LogP contribution in [0.2, 0.25) is 0 Å². The topological polar surface area (TPSA) is 51.8 Å². The molecule has 5 nitrogen and oxygen atoms in total. The highest BCUT2D eigenvalue weighted by atomic mass is 32.1. The fraction of sp³-hybridized carbons (Fsp3) is 0.533. The van der Waals surface area contributed by atoms with E-state index >= 15 is 0 Å². The summed E-state index contributed by atoms with van der Waals surface area (Å²) in [5, 5.41) is 6.90. The van der Waals surface area contributed by atoms with Crippen molar-refractivity contribution in [2.24, 2.45) is 0 Å². The van der Waals surface area contributed by atoms with Gasteiger partial charge in [-0.15, -0.1) is 0 Å². The normalized spacial score (nSPS) is 16.8. The van der Waals surface area contributed by atoms with Crippen LogP contribution in [0.1, 0.15) is 19.4 Å². The Hall–Kier alpha value is -1.37. The molecule has 0 aliphatic carbocycles. The first-order chi connectivity index (χ1) is 10.1. The number of methoxy groups -OCH3 is 1. The lowest BCUT2D eigenvalue weighted by Crippen LogP contribution is -2.46. The van der Waals surface area contributed by atoms with Crippen molar-refractivity contribution in [1.29, 1.82) is 0 Å². The summed E-state index contributed by atoms with van der Waals surface area (Å²) in [6.45, 7) is 5.67. The Kier molecular flexibility index (Phi) is 5.39. The smallest absolute Gasteiger partial charge is 0.213 e. The van der Waals surface area contributed by atoms with Crippen LogP contribution in [0.4, 0.5) is 0 Å². The van der Waals surface area contributed by atoms with Gasteiger partial charge in [-0.05, 0) is 50.3 Å². The number of rotatable bonds is 5. The lowest BCUT2D eigenvalue weighted by molar-refractivity contribution is -0.159. The van der Waals surface area contributed by atoms with E-state index in [0.29, 0.717) is 24.9 Å². The predicted molar refractivity (Wildman–Crippen MR) is 85.4 cm³/mol. The van der Waals surface area contributed by atoms with Crippen LogP contribution in [0, 0.1) is 0 Å². The average molecular weight is 310 g/mol. The molecule has 1 aliphatic rings. The summed E-state index contributed by atoms with van der Waals surface area (Å²) in [6, 6.07) is 7.97. The molecule has 1 aromatic carbocycles. The molecule has 0 amide bonds. The number of thiocarbonyl (C=S) groups is 1. The van der Waals surface area contributed by atoms with Gasteiger partial charge in [0.05, 0.1) is 26.9 Å².